The van der Waals surface area contributed by atoms with Gasteiger partial charge in [-0.05, 0) is 163 Å². The van der Waals surface area contributed by atoms with Gasteiger partial charge in [0.05, 0.1) is 10.8 Å². The number of nitrogens with zero attached hydrogens (tertiary/aromatic N) is 4. The first-order chi connectivity index (χ1) is 31.2. The molecule has 0 amide bonds. The molecule has 0 radical (unpaired) electrons. The van der Waals surface area contributed by atoms with Gasteiger partial charge < -0.3 is 32.7 Å². The summed E-state index contributed by atoms with van der Waals surface area (Å²) in [5, 5.41) is 0. The van der Waals surface area contributed by atoms with Gasteiger partial charge in [0.25, 0.3) is 0 Å². The average Bonchev–Trinajstić information content (AvgIpc) is 3.81. The SMILES string of the molecule is CCN1\C(=C/C=C(\C=C\C2=[N+](CC)c3ccc(N)cc3C2(C)C)C(/C=C/C2=[N+](CC)c3ccc(N)cc3C2(C)C)=C/C=C2/N(CC)c3ccc(N)cc3C2(C)C)C(C)(C)c2cc(N)ccc21. The summed E-state index contributed by atoms with van der Waals surface area (Å²) in [6.07, 6.45) is 18.7. The topological polar surface area (TPSA) is 117 Å². The van der Waals surface area contributed by atoms with Gasteiger partial charge in [-0.1, -0.05) is 39.8 Å². The van der Waals surface area contributed by atoms with Crippen LogP contribution in [0.15, 0.2) is 144 Å². The van der Waals surface area contributed by atoms with Crippen molar-refractivity contribution in [3.8, 4) is 0 Å². The van der Waals surface area contributed by atoms with Gasteiger partial charge in [0.1, 0.15) is 13.1 Å². The molecule has 0 aromatic heterocycles. The lowest BCUT2D eigenvalue weighted by atomic mass is 9.80. The van der Waals surface area contributed by atoms with Gasteiger partial charge in [-0.25, -0.2) is 0 Å². The lowest BCUT2D eigenvalue weighted by molar-refractivity contribution is -0.433. The molecule has 342 valence electrons. The van der Waals surface area contributed by atoms with Crippen LogP contribution in [-0.2, 0) is 21.7 Å². The molecule has 8 rings (SSSR count). The Morgan fingerprint density at radius 1 is 0.470 bits per heavy atom. The Bertz CT molecular complexity index is 2710. The minimum Gasteiger partial charge on any atom is -0.399 e. The molecule has 8 nitrogen and oxygen atoms in total. The highest BCUT2D eigenvalue weighted by atomic mass is 15.2. The van der Waals surface area contributed by atoms with E-state index in [0.29, 0.717) is 0 Å². The molecule has 4 heterocycles. The van der Waals surface area contributed by atoms with Gasteiger partial charge in [0, 0.05) is 105 Å². The molecule has 0 aliphatic carbocycles. The van der Waals surface area contributed by atoms with Crippen LogP contribution in [0.3, 0.4) is 0 Å². The van der Waals surface area contributed by atoms with E-state index < -0.39 is 0 Å². The number of fused-ring (bicyclic) bond motifs is 4. The summed E-state index contributed by atoms with van der Waals surface area (Å²) in [7, 11) is 0. The molecular formula is C58H72N8+2. The van der Waals surface area contributed by atoms with E-state index in [1.54, 1.807) is 0 Å². The van der Waals surface area contributed by atoms with Crippen molar-refractivity contribution in [3.05, 3.63) is 166 Å². The van der Waals surface area contributed by atoms with Gasteiger partial charge in [0.15, 0.2) is 11.4 Å². The number of allylic oxidation sites excluding steroid dienone is 12. The summed E-state index contributed by atoms with van der Waals surface area (Å²) < 4.78 is 4.87. The largest absolute Gasteiger partial charge is 0.399 e. The molecule has 0 fully saturated rings. The summed E-state index contributed by atoms with van der Waals surface area (Å²) in [6.45, 7) is 30.7. The van der Waals surface area contributed by atoms with Crippen LogP contribution in [0, 0.1) is 0 Å². The van der Waals surface area contributed by atoms with Crippen LogP contribution in [0.4, 0.5) is 45.5 Å². The minimum absolute atomic E-state index is 0.279. The van der Waals surface area contributed by atoms with E-state index in [9.17, 15) is 0 Å². The van der Waals surface area contributed by atoms with Crippen LogP contribution < -0.4 is 32.7 Å². The zero-order valence-corrected chi connectivity index (χ0v) is 41.5. The smallest absolute Gasteiger partial charge is 0.209 e. The fraction of sp³-hybridized carbons (Fsp3) is 0.345. The van der Waals surface area contributed by atoms with Crippen molar-refractivity contribution >= 4 is 56.9 Å². The van der Waals surface area contributed by atoms with Gasteiger partial charge in [0.2, 0.25) is 11.4 Å². The zero-order chi connectivity index (χ0) is 47.7. The number of rotatable bonds is 11. The van der Waals surface area contributed by atoms with Crippen LogP contribution in [0.1, 0.15) is 105 Å². The fourth-order valence-corrected chi connectivity index (χ4v) is 11.3. The van der Waals surface area contributed by atoms with Gasteiger partial charge in [-0.15, -0.1) is 0 Å². The van der Waals surface area contributed by atoms with Crippen molar-refractivity contribution in [2.75, 3.05) is 58.9 Å². The van der Waals surface area contributed by atoms with E-state index >= 15 is 0 Å². The highest BCUT2D eigenvalue weighted by Crippen LogP contribution is 2.50. The lowest BCUT2D eigenvalue weighted by Crippen LogP contribution is -2.28. The lowest BCUT2D eigenvalue weighted by Gasteiger charge is -2.26. The summed E-state index contributed by atoms with van der Waals surface area (Å²) in [5.74, 6) is 0. The maximum Gasteiger partial charge on any atom is 0.209 e. The highest BCUT2D eigenvalue weighted by Gasteiger charge is 2.46. The molecular weight excluding hydrogens is 809 g/mol. The third-order valence-electron chi connectivity index (χ3n) is 14.9. The molecule has 66 heavy (non-hydrogen) atoms. The van der Waals surface area contributed by atoms with Crippen LogP contribution in [0.5, 0.6) is 0 Å². The van der Waals surface area contributed by atoms with Crippen molar-refractivity contribution in [2.45, 2.75) is 105 Å². The highest BCUT2D eigenvalue weighted by molar-refractivity contribution is 6.05. The molecule has 8 heteroatoms. The summed E-state index contributed by atoms with van der Waals surface area (Å²) in [6, 6.07) is 25.3. The number of likely N-dealkylation sites (N-methyl/N-ethyl adjacent to an activating group) is 2. The van der Waals surface area contributed by atoms with E-state index in [2.05, 4.69) is 199 Å². The number of anilines is 6. The summed E-state index contributed by atoms with van der Waals surface area (Å²) >= 11 is 0. The summed E-state index contributed by atoms with van der Waals surface area (Å²) in [5.41, 5.74) is 44.6. The normalized spacial score (nSPS) is 20.4. The molecule has 8 N–H and O–H groups in total. The molecule has 0 spiro atoms. The Kier molecular flexibility index (Phi) is 11.7. The van der Waals surface area contributed by atoms with Crippen molar-refractivity contribution in [2.24, 2.45) is 0 Å². The summed E-state index contributed by atoms with van der Waals surface area (Å²) in [4.78, 5) is 4.87. The van der Waals surface area contributed by atoms with Crippen molar-refractivity contribution < 1.29 is 9.15 Å². The van der Waals surface area contributed by atoms with Gasteiger partial charge in [-0.3, -0.25) is 0 Å². The Balaban J connectivity index is 1.38. The van der Waals surface area contributed by atoms with Gasteiger partial charge >= 0.3 is 0 Å². The number of hydrogen-bond acceptors (Lipinski definition) is 6. The average molecular weight is 881 g/mol. The fourth-order valence-electron chi connectivity index (χ4n) is 11.3. The number of nitrogens with two attached hydrogens (primary N) is 4. The van der Waals surface area contributed by atoms with E-state index in [-0.39, 0.29) is 21.7 Å². The maximum absolute atomic E-state index is 6.43. The first-order valence-electron chi connectivity index (χ1n) is 23.9. The molecule has 4 aromatic rings. The van der Waals surface area contributed by atoms with E-state index in [0.717, 1.165) is 60.1 Å². The Hall–Kier alpha value is -6.54. The van der Waals surface area contributed by atoms with Gasteiger partial charge in [-0.2, -0.15) is 9.15 Å². The van der Waals surface area contributed by atoms with Crippen LogP contribution in [0.2, 0.25) is 0 Å². The molecule has 0 saturated carbocycles. The zero-order valence-electron chi connectivity index (χ0n) is 41.5. The van der Waals surface area contributed by atoms with Crippen LogP contribution in [-0.4, -0.2) is 46.8 Å². The first-order valence-corrected chi connectivity index (χ1v) is 23.9. The van der Waals surface area contributed by atoms with E-state index in [1.165, 1.54) is 67.8 Å². The maximum atomic E-state index is 6.43. The van der Waals surface area contributed by atoms with E-state index in [4.69, 9.17) is 22.9 Å². The molecule has 0 saturated heterocycles. The second kappa shape index (κ2) is 16.7. The number of hydrogen-bond donors (Lipinski definition) is 4. The minimum atomic E-state index is -0.279. The van der Waals surface area contributed by atoms with Crippen LogP contribution in [0.25, 0.3) is 0 Å². The molecule has 4 aliphatic heterocycles. The third-order valence-corrected chi connectivity index (χ3v) is 14.9. The molecule has 4 aliphatic rings. The molecule has 0 unspecified atom stereocenters. The van der Waals surface area contributed by atoms with Crippen molar-refractivity contribution in [3.63, 3.8) is 0 Å². The number of benzene rings is 4. The molecule has 0 bridgehead atoms. The second-order valence-corrected chi connectivity index (χ2v) is 20.4. The van der Waals surface area contributed by atoms with Crippen molar-refractivity contribution in [1.82, 2.24) is 0 Å². The third kappa shape index (κ3) is 7.39. The Labute approximate surface area is 394 Å². The molecule has 0 atom stereocenters. The predicted molar refractivity (Wildman–Crippen MR) is 283 cm³/mol. The van der Waals surface area contributed by atoms with E-state index in [1.807, 2.05) is 24.3 Å². The first kappa shape index (κ1) is 46.0. The monoisotopic (exact) mass is 881 g/mol. The number of nitrogen functional groups attached to an aromatic ring is 4. The quantitative estimate of drug-likeness (QED) is 0.0677. The Morgan fingerprint density at radius 3 is 1.14 bits per heavy atom. The van der Waals surface area contributed by atoms with Crippen molar-refractivity contribution in [1.29, 1.82) is 0 Å². The predicted octanol–water partition coefficient (Wildman–Crippen LogP) is 11.9. The second-order valence-electron chi connectivity index (χ2n) is 20.4. The molecule has 4 aromatic carbocycles. The Morgan fingerprint density at radius 2 is 0.803 bits per heavy atom. The standard InChI is InChI=1S/C58H72N8/c1-13-63-47-25-21-39(59)33-43(47)55(5,6)51(63)29-17-37(18-30-52-56(7,8)44-34-40(60)22-26-48(44)64(52)14-2)38(19-31-53-57(9,10)45-35-41(61)23-27-49(45)65(53)15-3)20-32-54-58(11,12)46-36-42(62)24-28-50(46)66(54)16-4/h17-36H,13-16,59-62H2,1-12H3/q+2. The van der Waals surface area contributed by atoms with Crippen LogP contribution >= 0.6 is 0 Å².